The van der Waals surface area contributed by atoms with Crippen molar-refractivity contribution in [3.63, 3.8) is 0 Å². The lowest BCUT2D eigenvalue weighted by atomic mass is 10.1. The summed E-state index contributed by atoms with van der Waals surface area (Å²) in [5, 5.41) is 2.46. The normalized spacial score (nSPS) is 11.1. The Labute approximate surface area is 141 Å². The largest absolute Gasteiger partial charge is 0.496 e. The molecule has 0 saturated heterocycles. The molecular weight excluding hydrogens is 328 g/mol. The van der Waals surface area contributed by atoms with Crippen molar-refractivity contribution in [2.75, 3.05) is 14.2 Å². The fourth-order valence-electron chi connectivity index (χ4n) is 2.25. The lowest BCUT2D eigenvalue weighted by molar-refractivity contribution is 0.0960. The zero-order valence-corrected chi connectivity index (χ0v) is 14.6. The van der Waals surface area contributed by atoms with Crippen molar-refractivity contribution in [3.8, 4) is 5.75 Å². The molecule has 0 fully saturated rings. The molecule has 0 bridgehead atoms. The number of amides is 1. The van der Waals surface area contributed by atoms with E-state index < -0.39 is 15.9 Å². The summed E-state index contributed by atoms with van der Waals surface area (Å²) in [6, 6.07) is 11.7. The van der Waals surface area contributed by atoms with Gasteiger partial charge in [-0.2, -0.15) is 0 Å². The van der Waals surface area contributed by atoms with Gasteiger partial charge in [0.05, 0.1) is 17.6 Å². The Morgan fingerprint density at radius 3 is 2.54 bits per heavy atom. The molecule has 128 valence electrons. The molecule has 0 saturated carbocycles. The van der Waals surface area contributed by atoms with Gasteiger partial charge in [0.15, 0.2) is 0 Å². The molecule has 0 atom stereocenters. The van der Waals surface area contributed by atoms with Crippen molar-refractivity contribution < 1.29 is 17.9 Å². The number of rotatable bonds is 6. The highest BCUT2D eigenvalue weighted by Gasteiger charge is 2.19. The Morgan fingerprint density at radius 2 is 1.92 bits per heavy atom. The molecule has 2 rings (SSSR count). The van der Waals surface area contributed by atoms with Crippen LogP contribution in [-0.2, 0) is 16.6 Å². The predicted octanol–water partition coefficient (Wildman–Crippen LogP) is 1.84. The first kappa shape index (κ1) is 18.0. The number of ether oxygens (including phenoxy) is 1. The van der Waals surface area contributed by atoms with Gasteiger partial charge in [-0.1, -0.05) is 29.8 Å². The molecule has 1 amide bonds. The molecule has 0 aliphatic rings. The van der Waals surface area contributed by atoms with Crippen LogP contribution >= 0.6 is 0 Å². The summed E-state index contributed by atoms with van der Waals surface area (Å²) in [5.41, 5.74) is 2.08. The zero-order valence-electron chi connectivity index (χ0n) is 13.8. The van der Waals surface area contributed by atoms with E-state index in [9.17, 15) is 13.2 Å². The molecule has 6 nitrogen and oxygen atoms in total. The van der Waals surface area contributed by atoms with E-state index in [4.69, 9.17) is 4.74 Å². The monoisotopic (exact) mass is 348 g/mol. The lowest BCUT2D eigenvalue weighted by Crippen LogP contribution is -2.24. The number of benzene rings is 2. The van der Waals surface area contributed by atoms with Crippen LogP contribution in [0.25, 0.3) is 0 Å². The number of hydrogen-bond acceptors (Lipinski definition) is 4. The van der Waals surface area contributed by atoms with Gasteiger partial charge in [-0.15, -0.1) is 0 Å². The summed E-state index contributed by atoms with van der Waals surface area (Å²) >= 11 is 0. The van der Waals surface area contributed by atoms with Gasteiger partial charge in [0.25, 0.3) is 5.91 Å². The Morgan fingerprint density at radius 1 is 1.17 bits per heavy atom. The highest BCUT2D eigenvalue weighted by molar-refractivity contribution is 7.89. The van der Waals surface area contributed by atoms with Crippen molar-refractivity contribution in [1.29, 1.82) is 0 Å². The molecule has 2 aromatic rings. The van der Waals surface area contributed by atoms with Crippen LogP contribution in [0.1, 0.15) is 21.5 Å². The fraction of sp³-hybridized carbons (Fsp3) is 0.235. The van der Waals surface area contributed by atoms with Crippen LogP contribution < -0.4 is 14.8 Å². The average molecular weight is 348 g/mol. The van der Waals surface area contributed by atoms with Crippen LogP contribution in [0, 0.1) is 6.92 Å². The minimum absolute atomic E-state index is 0.00885. The molecular formula is C17H20N2O4S. The Hall–Kier alpha value is -2.38. The van der Waals surface area contributed by atoms with Gasteiger partial charge >= 0.3 is 0 Å². The lowest BCUT2D eigenvalue weighted by Gasteiger charge is -2.11. The molecule has 0 aromatic heterocycles. The molecule has 2 N–H and O–H groups in total. The molecule has 0 radical (unpaired) electrons. The molecule has 2 aromatic carbocycles. The van der Waals surface area contributed by atoms with Crippen molar-refractivity contribution >= 4 is 15.9 Å². The smallest absolute Gasteiger partial charge is 0.254 e. The van der Waals surface area contributed by atoms with Gasteiger partial charge in [-0.05, 0) is 30.7 Å². The number of carbonyl (C=O) groups excluding carboxylic acids is 1. The number of carbonyl (C=O) groups is 1. The van der Waals surface area contributed by atoms with Gasteiger partial charge < -0.3 is 10.1 Å². The first-order valence-corrected chi connectivity index (χ1v) is 8.81. The number of methoxy groups -OCH3 is 1. The molecule has 0 heterocycles. The Bertz CT molecular complexity index is 847. The summed E-state index contributed by atoms with van der Waals surface area (Å²) in [4.78, 5) is 11.9. The van der Waals surface area contributed by atoms with Crippen molar-refractivity contribution in [1.82, 2.24) is 10.0 Å². The summed E-state index contributed by atoms with van der Waals surface area (Å²) in [7, 11) is -0.852. The van der Waals surface area contributed by atoms with E-state index in [0.29, 0.717) is 5.75 Å². The summed E-state index contributed by atoms with van der Waals surface area (Å²) in [6.45, 7) is 2.11. The minimum atomic E-state index is -3.75. The van der Waals surface area contributed by atoms with Gasteiger partial charge in [0, 0.05) is 13.6 Å². The predicted molar refractivity (Wildman–Crippen MR) is 91.6 cm³/mol. The first-order valence-electron chi connectivity index (χ1n) is 7.32. The highest BCUT2D eigenvalue weighted by atomic mass is 32.2. The fourth-order valence-corrected chi connectivity index (χ4v) is 3.29. The molecule has 7 heteroatoms. The van der Waals surface area contributed by atoms with Crippen molar-refractivity contribution in [3.05, 3.63) is 59.2 Å². The maximum atomic E-state index is 12.5. The molecule has 24 heavy (non-hydrogen) atoms. The third-order valence-corrected chi connectivity index (χ3v) is 4.90. The second kappa shape index (κ2) is 7.46. The van der Waals surface area contributed by atoms with Crippen LogP contribution in [0.4, 0.5) is 0 Å². The highest BCUT2D eigenvalue weighted by Crippen LogP contribution is 2.22. The summed E-state index contributed by atoms with van der Waals surface area (Å²) < 4.78 is 32.6. The van der Waals surface area contributed by atoms with Gasteiger partial charge in [-0.25, -0.2) is 13.1 Å². The van der Waals surface area contributed by atoms with E-state index >= 15 is 0 Å². The Balaban J connectivity index is 2.27. The minimum Gasteiger partial charge on any atom is -0.496 e. The first-order chi connectivity index (χ1) is 11.4. The maximum absolute atomic E-state index is 12.5. The molecule has 0 aliphatic carbocycles. The summed E-state index contributed by atoms with van der Waals surface area (Å²) in [5.74, 6) is -0.102. The number of aryl methyl sites for hydroxylation is 1. The molecule has 0 spiro atoms. The van der Waals surface area contributed by atoms with Crippen LogP contribution in [0.15, 0.2) is 47.4 Å². The quantitative estimate of drug-likeness (QED) is 0.834. The molecule has 0 unspecified atom stereocenters. The van der Waals surface area contributed by atoms with E-state index in [1.165, 1.54) is 32.4 Å². The SMILES string of the molecule is CNC(=O)c1cc(S(=O)(=O)NCc2cccc(C)c2)ccc1OC. The third kappa shape index (κ3) is 4.12. The number of sulfonamides is 1. The summed E-state index contributed by atoms with van der Waals surface area (Å²) in [6.07, 6.45) is 0. The van der Waals surface area contributed by atoms with E-state index in [1.54, 1.807) is 0 Å². The van der Waals surface area contributed by atoms with E-state index in [1.807, 2.05) is 31.2 Å². The second-order valence-corrected chi connectivity index (χ2v) is 7.02. The van der Waals surface area contributed by atoms with Crippen molar-refractivity contribution in [2.24, 2.45) is 0 Å². The third-order valence-electron chi connectivity index (χ3n) is 3.50. The van der Waals surface area contributed by atoms with Crippen LogP contribution in [0.3, 0.4) is 0 Å². The van der Waals surface area contributed by atoms with E-state index in [2.05, 4.69) is 10.0 Å². The maximum Gasteiger partial charge on any atom is 0.254 e. The zero-order chi connectivity index (χ0) is 17.7. The van der Waals surface area contributed by atoms with Gasteiger partial charge in [-0.3, -0.25) is 4.79 Å². The average Bonchev–Trinajstić information content (AvgIpc) is 2.59. The van der Waals surface area contributed by atoms with E-state index in [0.717, 1.165) is 11.1 Å². The standard InChI is InChI=1S/C17H20N2O4S/c1-12-5-4-6-13(9-12)11-19-24(21,22)14-7-8-16(23-3)15(10-14)17(20)18-2/h4-10,19H,11H2,1-3H3,(H,18,20). The number of hydrogen-bond donors (Lipinski definition) is 2. The van der Waals surface area contributed by atoms with E-state index in [-0.39, 0.29) is 17.0 Å². The second-order valence-electron chi connectivity index (χ2n) is 5.25. The van der Waals surface area contributed by atoms with Crippen LogP contribution in [0.2, 0.25) is 0 Å². The van der Waals surface area contributed by atoms with Crippen molar-refractivity contribution in [2.45, 2.75) is 18.4 Å². The van der Waals surface area contributed by atoms with Crippen LogP contribution in [-0.4, -0.2) is 28.5 Å². The van der Waals surface area contributed by atoms with Gasteiger partial charge in [0.2, 0.25) is 10.0 Å². The Kier molecular flexibility index (Phi) is 5.58. The number of nitrogens with one attached hydrogen (secondary N) is 2. The van der Waals surface area contributed by atoms with Gasteiger partial charge in [0.1, 0.15) is 5.75 Å². The topological polar surface area (TPSA) is 84.5 Å². The molecule has 0 aliphatic heterocycles. The van der Waals surface area contributed by atoms with Crippen LogP contribution in [0.5, 0.6) is 5.75 Å².